The van der Waals surface area contributed by atoms with Gasteiger partial charge in [0.05, 0.1) is 6.26 Å². The van der Waals surface area contributed by atoms with E-state index in [1.165, 1.54) is 11.3 Å². The Balaban J connectivity index is 1.07. The first-order valence-electron chi connectivity index (χ1n) is 11.5. The minimum absolute atomic E-state index is 0.144. The summed E-state index contributed by atoms with van der Waals surface area (Å²) in [4.78, 5) is 17.1. The van der Waals surface area contributed by atoms with E-state index in [0.717, 1.165) is 33.3 Å². The van der Waals surface area contributed by atoms with E-state index in [2.05, 4.69) is 10.3 Å². The molecule has 0 radical (unpaired) electrons. The Labute approximate surface area is 213 Å². The highest BCUT2D eigenvalue weighted by molar-refractivity contribution is 7.09. The third kappa shape index (κ3) is 6.20. The maximum Gasteiger partial charge on any atom is 0.251 e. The molecule has 1 amide bonds. The van der Waals surface area contributed by atoms with Crippen molar-refractivity contribution in [1.29, 1.82) is 0 Å². The first-order valence-corrected chi connectivity index (χ1v) is 12.4. The second kappa shape index (κ2) is 11.4. The fraction of sp³-hybridized carbons (Fsp3) is 0.103. The van der Waals surface area contributed by atoms with Crippen LogP contribution in [-0.4, -0.2) is 10.9 Å². The number of hydrogen-bond acceptors (Lipinski definition) is 6. The van der Waals surface area contributed by atoms with E-state index in [4.69, 9.17) is 13.9 Å². The van der Waals surface area contributed by atoms with Crippen molar-refractivity contribution < 1.29 is 18.7 Å². The van der Waals surface area contributed by atoms with Crippen LogP contribution in [0.4, 0.5) is 0 Å². The van der Waals surface area contributed by atoms with Gasteiger partial charge in [-0.15, -0.1) is 11.3 Å². The van der Waals surface area contributed by atoms with Crippen LogP contribution in [-0.2, 0) is 19.8 Å². The van der Waals surface area contributed by atoms with E-state index < -0.39 is 0 Å². The fourth-order valence-corrected chi connectivity index (χ4v) is 4.19. The highest BCUT2D eigenvalue weighted by atomic mass is 32.1. The maximum absolute atomic E-state index is 12.6. The average molecular weight is 497 g/mol. The molecule has 0 aliphatic carbocycles. The van der Waals surface area contributed by atoms with E-state index in [1.807, 2.05) is 72.1 Å². The summed E-state index contributed by atoms with van der Waals surface area (Å²) in [6, 6.07) is 28.5. The molecular formula is C29H24N2O4S. The molecule has 5 rings (SSSR count). The summed E-state index contributed by atoms with van der Waals surface area (Å²) < 4.78 is 17.0. The lowest BCUT2D eigenvalue weighted by Crippen LogP contribution is -2.22. The van der Waals surface area contributed by atoms with Crippen molar-refractivity contribution in [2.45, 2.75) is 19.8 Å². The molecule has 36 heavy (non-hydrogen) atoms. The van der Waals surface area contributed by atoms with Gasteiger partial charge in [0, 0.05) is 17.5 Å². The monoisotopic (exact) mass is 496 g/mol. The van der Waals surface area contributed by atoms with Crippen LogP contribution in [0.3, 0.4) is 0 Å². The second-order valence-corrected chi connectivity index (χ2v) is 8.96. The number of amides is 1. The van der Waals surface area contributed by atoms with Gasteiger partial charge in [-0.2, -0.15) is 0 Å². The number of furan rings is 1. The number of carbonyl (C=O) groups excluding carboxylic acids is 1. The molecule has 0 saturated carbocycles. The molecule has 0 atom stereocenters. The molecule has 0 fully saturated rings. The standard InChI is InChI=1S/C29H24N2O4S/c32-29(30-17-21-8-12-24(13-9-21)34-18-22-5-2-1-3-6-22)23-10-14-25(15-11-23)35-19-28-31-26(20-36-28)27-7-4-16-33-27/h1-16,20H,17-19H2,(H,30,32). The Bertz CT molecular complexity index is 1380. The summed E-state index contributed by atoms with van der Waals surface area (Å²) >= 11 is 1.51. The van der Waals surface area contributed by atoms with Gasteiger partial charge in [-0.3, -0.25) is 4.79 Å². The first-order chi connectivity index (χ1) is 17.7. The van der Waals surface area contributed by atoms with Crippen molar-refractivity contribution >= 4 is 17.2 Å². The van der Waals surface area contributed by atoms with Gasteiger partial charge in [-0.1, -0.05) is 42.5 Å². The van der Waals surface area contributed by atoms with Gasteiger partial charge in [-0.25, -0.2) is 4.98 Å². The lowest BCUT2D eigenvalue weighted by Gasteiger charge is -2.09. The van der Waals surface area contributed by atoms with Crippen molar-refractivity contribution in [3.8, 4) is 23.0 Å². The number of benzene rings is 3. The lowest BCUT2D eigenvalue weighted by molar-refractivity contribution is 0.0951. The summed E-state index contributed by atoms with van der Waals surface area (Å²) in [6.07, 6.45) is 1.63. The van der Waals surface area contributed by atoms with Gasteiger partial charge < -0.3 is 19.2 Å². The molecule has 180 valence electrons. The molecule has 0 saturated heterocycles. The normalized spacial score (nSPS) is 10.7. The van der Waals surface area contributed by atoms with E-state index in [1.54, 1.807) is 30.5 Å². The van der Waals surface area contributed by atoms with Crippen LogP contribution in [0.5, 0.6) is 11.5 Å². The minimum atomic E-state index is -0.144. The maximum atomic E-state index is 12.6. The fourth-order valence-electron chi connectivity index (χ4n) is 3.49. The minimum Gasteiger partial charge on any atom is -0.489 e. The Morgan fingerprint density at radius 3 is 2.25 bits per heavy atom. The topological polar surface area (TPSA) is 73.6 Å². The van der Waals surface area contributed by atoms with Crippen molar-refractivity contribution in [3.63, 3.8) is 0 Å². The Hall–Kier alpha value is -4.36. The number of hydrogen-bond donors (Lipinski definition) is 1. The number of aromatic nitrogens is 1. The van der Waals surface area contributed by atoms with E-state index in [0.29, 0.717) is 31.1 Å². The zero-order chi connectivity index (χ0) is 24.6. The highest BCUT2D eigenvalue weighted by Gasteiger charge is 2.09. The SMILES string of the molecule is O=C(NCc1ccc(OCc2ccccc2)cc1)c1ccc(OCc2nc(-c3ccco3)cs2)cc1. The smallest absolute Gasteiger partial charge is 0.251 e. The van der Waals surface area contributed by atoms with Gasteiger partial charge >= 0.3 is 0 Å². The molecule has 2 heterocycles. The summed E-state index contributed by atoms with van der Waals surface area (Å²) in [5.74, 6) is 2.06. The van der Waals surface area contributed by atoms with Crippen LogP contribution in [0.2, 0.25) is 0 Å². The van der Waals surface area contributed by atoms with Crippen molar-refractivity contribution in [3.05, 3.63) is 124 Å². The zero-order valence-electron chi connectivity index (χ0n) is 19.4. The summed E-state index contributed by atoms with van der Waals surface area (Å²) in [5, 5.41) is 5.74. The Morgan fingerprint density at radius 1 is 0.806 bits per heavy atom. The predicted octanol–water partition coefficient (Wildman–Crippen LogP) is 6.49. The number of nitrogens with one attached hydrogen (secondary N) is 1. The molecule has 2 aromatic heterocycles. The lowest BCUT2D eigenvalue weighted by atomic mass is 10.2. The number of carbonyl (C=O) groups is 1. The zero-order valence-corrected chi connectivity index (χ0v) is 20.2. The summed E-state index contributed by atoms with van der Waals surface area (Å²) in [7, 11) is 0. The molecule has 0 bridgehead atoms. The molecule has 0 aliphatic rings. The molecule has 5 aromatic rings. The Kier molecular flexibility index (Phi) is 7.39. The average Bonchev–Trinajstić information content (AvgIpc) is 3.63. The molecule has 0 spiro atoms. The van der Waals surface area contributed by atoms with E-state index in [9.17, 15) is 4.79 Å². The van der Waals surface area contributed by atoms with Crippen LogP contribution in [0.1, 0.15) is 26.5 Å². The summed E-state index contributed by atoms with van der Waals surface area (Å²) in [5.41, 5.74) is 3.48. The van der Waals surface area contributed by atoms with Gasteiger partial charge in [0.25, 0.3) is 5.91 Å². The molecule has 0 aliphatic heterocycles. The van der Waals surface area contributed by atoms with Crippen LogP contribution in [0.25, 0.3) is 11.5 Å². The van der Waals surface area contributed by atoms with E-state index in [-0.39, 0.29) is 5.91 Å². The van der Waals surface area contributed by atoms with Gasteiger partial charge in [0.1, 0.15) is 35.4 Å². The number of rotatable bonds is 10. The summed E-state index contributed by atoms with van der Waals surface area (Å²) in [6.45, 7) is 1.30. The van der Waals surface area contributed by atoms with E-state index >= 15 is 0 Å². The molecular weight excluding hydrogens is 472 g/mol. The molecule has 0 unspecified atom stereocenters. The largest absolute Gasteiger partial charge is 0.489 e. The van der Waals surface area contributed by atoms with Crippen LogP contribution >= 0.6 is 11.3 Å². The molecule has 3 aromatic carbocycles. The van der Waals surface area contributed by atoms with Crippen LogP contribution in [0, 0.1) is 0 Å². The van der Waals surface area contributed by atoms with Crippen LogP contribution < -0.4 is 14.8 Å². The highest BCUT2D eigenvalue weighted by Crippen LogP contribution is 2.23. The predicted molar refractivity (Wildman–Crippen MR) is 139 cm³/mol. The Morgan fingerprint density at radius 2 is 1.53 bits per heavy atom. The third-order valence-corrected chi connectivity index (χ3v) is 6.25. The number of nitrogens with zero attached hydrogens (tertiary/aromatic N) is 1. The van der Waals surface area contributed by atoms with Gasteiger partial charge in [0.2, 0.25) is 0 Å². The number of thiazole rings is 1. The quantitative estimate of drug-likeness (QED) is 0.239. The third-order valence-electron chi connectivity index (χ3n) is 5.43. The molecule has 7 heteroatoms. The molecule has 1 N–H and O–H groups in total. The van der Waals surface area contributed by atoms with Crippen LogP contribution in [0.15, 0.2) is 107 Å². The first kappa shape index (κ1) is 23.4. The van der Waals surface area contributed by atoms with Crippen molar-refractivity contribution in [2.75, 3.05) is 0 Å². The second-order valence-electron chi connectivity index (χ2n) is 8.02. The number of ether oxygens (including phenoxy) is 2. The molecule has 6 nitrogen and oxygen atoms in total. The van der Waals surface area contributed by atoms with Crippen molar-refractivity contribution in [1.82, 2.24) is 10.3 Å². The van der Waals surface area contributed by atoms with Crippen molar-refractivity contribution in [2.24, 2.45) is 0 Å². The van der Waals surface area contributed by atoms with Gasteiger partial charge in [0.15, 0.2) is 5.76 Å². The van der Waals surface area contributed by atoms with Gasteiger partial charge in [-0.05, 0) is 59.7 Å².